The number of benzene rings is 1. The van der Waals surface area contributed by atoms with Gasteiger partial charge >= 0.3 is 0 Å². The molecule has 3 rings (SSSR count). The molecule has 1 fully saturated rings. The number of carbonyl (C=O) groups is 1. The van der Waals surface area contributed by atoms with Crippen molar-refractivity contribution in [2.45, 2.75) is 28.5 Å². The molecule has 0 saturated carbocycles. The molecular formula is C22H30N4O4S2. The quantitative estimate of drug-likeness (QED) is 0.550. The number of piperazine rings is 1. The number of pyridine rings is 1. The minimum Gasteiger partial charge on any atom is -0.497 e. The maximum atomic E-state index is 12.8. The minimum atomic E-state index is -3.54. The maximum absolute atomic E-state index is 12.8. The first-order chi connectivity index (χ1) is 15.3. The SMILES string of the molecule is COc1ccc(CCNC(=O)C(C)Sc2ccc(S(=O)(=O)N3CCN(C)CC3)cn2)cc1. The van der Waals surface area contributed by atoms with Gasteiger partial charge in [0, 0.05) is 38.9 Å². The topological polar surface area (TPSA) is 91.8 Å². The zero-order chi connectivity index (χ0) is 23.1. The van der Waals surface area contributed by atoms with E-state index in [2.05, 4.69) is 15.2 Å². The Kier molecular flexibility index (Phi) is 8.52. The van der Waals surface area contributed by atoms with E-state index in [1.54, 1.807) is 19.2 Å². The number of methoxy groups -OCH3 is 1. The first kappa shape index (κ1) is 24.5. The van der Waals surface area contributed by atoms with Gasteiger partial charge < -0.3 is 15.0 Å². The first-order valence-corrected chi connectivity index (χ1v) is 12.8. The Balaban J connectivity index is 1.49. The van der Waals surface area contributed by atoms with E-state index in [9.17, 15) is 13.2 Å². The fraction of sp³-hybridized carbons (Fsp3) is 0.455. The summed E-state index contributed by atoms with van der Waals surface area (Å²) < 4.78 is 32.2. The lowest BCUT2D eigenvalue weighted by Crippen LogP contribution is -2.47. The number of aromatic nitrogens is 1. The summed E-state index contributed by atoms with van der Waals surface area (Å²) >= 11 is 1.30. The second-order valence-corrected chi connectivity index (χ2v) is 11.0. The number of amides is 1. The Morgan fingerprint density at radius 1 is 1.16 bits per heavy atom. The number of thioether (sulfide) groups is 1. The van der Waals surface area contributed by atoms with Crippen LogP contribution in [0.2, 0.25) is 0 Å². The van der Waals surface area contributed by atoms with Crippen LogP contribution in [0.25, 0.3) is 0 Å². The van der Waals surface area contributed by atoms with Crippen LogP contribution in [0.4, 0.5) is 0 Å². The standard InChI is InChI=1S/C22H30N4O4S2/c1-17(22(27)23-11-10-18-4-6-19(30-3)7-5-18)31-21-9-8-20(16-24-21)32(28,29)26-14-12-25(2)13-15-26/h4-9,16-17H,10-15H2,1-3H3,(H,23,27). The molecule has 1 aromatic heterocycles. The van der Waals surface area contributed by atoms with Crippen molar-refractivity contribution in [1.82, 2.24) is 19.5 Å². The summed E-state index contributed by atoms with van der Waals surface area (Å²) in [5, 5.41) is 3.20. The van der Waals surface area contributed by atoms with Crippen molar-refractivity contribution >= 4 is 27.7 Å². The number of nitrogens with zero attached hydrogens (tertiary/aromatic N) is 3. The van der Waals surface area contributed by atoms with Gasteiger partial charge in [0.25, 0.3) is 0 Å². The van der Waals surface area contributed by atoms with Gasteiger partial charge in [-0.15, -0.1) is 0 Å². The molecule has 1 unspecified atom stereocenters. The van der Waals surface area contributed by atoms with Gasteiger partial charge in [0.15, 0.2) is 0 Å². The van der Waals surface area contributed by atoms with Crippen molar-refractivity contribution in [3.63, 3.8) is 0 Å². The molecule has 0 radical (unpaired) electrons. The molecule has 0 spiro atoms. The third-order valence-corrected chi connectivity index (χ3v) is 8.28. The number of sulfonamides is 1. The Morgan fingerprint density at radius 3 is 2.44 bits per heavy atom. The van der Waals surface area contributed by atoms with Gasteiger partial charge in [-0.1, -0.05) is 23.9 Å². The van der Waals surface area contributed by atoms with E-state index in [0.717, 1.165) is 17.7 Å². The van der Waals surface area contributed by atoms with E-state index in [-0.39, 0.29) is 16.1 Å². The van der Waals surface area contributed by atoms with Gasteiger partial charge in [0.1, 0.15) is 10.6 Å². The van der Waals surface area contributed by atoms with Crippen molar-refractivity contribution in [1.29, 1.82) is 0 Å². The average Bonchev–Trinajstić information content (AvgIpc) is 2.80. The molecular weight excluding hydrogens is 448 g/mol. The molecule has 174 valence electrons. The van der Waals surface area contributed by atoms with E-state index in [1.807, 2.05) is 38.2 Å². The summed E-state index contributed by atoms with van der Waals surface area (Å²) in [5.41, 5.74) is 1.12. The zero-order valence-corrected chi connectivity index (χ0v) is 20.3. The molecule has 0 bridgehead atoms. The predicted molar refractivity (Wildman–Crippen MR) is 126 cm³/mol. The summed E-state index contributed by atoms with van der Waals surface area (Å²) in [6.45, 7) is 4.72. The predicted octanol–water partition coefficient (Wildman–Crippen LogP) is 1.87. The lowest BCUT2D eigenvalue weighted by Gasteiger charge is -2.31. The number of rotatable bonds is 9. The van der Waals surface area contributed by atoms with Crippen LogP contribution >= 0.6 is 11.8 Å². The molecule has 1 aliphatic heterocycles. The minimum absolute atomic E-state index is 0.0838. The fourth-order valence-corrected chi connectivity index (χ4v) is 5.45. The van der Waals surface area contributed by atoms with Crippen LogP contribution in [0.15, 0.2) is 52.5 Å². The molecule has 1 aromatic carbocycles. The number of carbonyl (C=O) groups excluding carboxylic acids is 1. The van der Waals surface area contributed by atoms with Gasteiger partial charge in [-0.2, -0.15) is 4.31 Å². The normalized spacial score (nSPS) is 16.5. The van der Waals surface area contributed by atoms with E-state index in [1.165, 1.54) is 22.3 Å². The van der Waals surface area contributed by atoms with Crippen LogP contribution < -0.4 is 10.1 Å². The van der Waals surface area contributed by atoms with Gasteiger partial charge in [-0.3, -0.25) is 4.79 Å². The average molecular weight is 479 g/mol. The van der Waals surface area contributed by atoms with Crippen molar-refractivity contribution in [2.75, 3.05) is 46.9 Å². The van der Waals surface area contributed by atoms with Crippen LogP contribution in [-0.4, -0.2) is 80.6 Å². The van der Waals surface area contributed by atoms with Crippen LogP contribution in [-0.2, 0) is 21.2 Å². The van der Waals surface area contributed by atoms with Crippen molar-refractivity contribution in [3.8, 4) is 5.75 Å². The van der Waals surface area contributed by atoms with Crippen molar-refractivity contribution < 1.29 is 17.9 Å². The molecule has 0 aliphatic carbocycles. The largest absolute Gasteiger partial charge is 0.497 e. The van der Waals surface area contributed by atoms with E-state index in [0.29, 0.717) is 37.7 Å². The second kappa shape index (κ2) is 11.1. The molecule has 32 heavy (non-hydrogen) atoms. The molecule has 8 nitrogen and oxygen atoms in total. The lowest BCUT2D eigenvalue weighted by molar-refractivity contribution is -0.120. The first-order valence-electron chi connectivity index (χ1n) is 10.5. The fourth-order valence-electron chi connectivity index (χ4n) is 3.27. The Morgan fingerprint density at radius 2 is 1.84 bits per heavy atom. The van der Waals surface area contributed by atoms with E-state index in [4.69, 9.17) is 4.74 Å². The molecule has 1 atom stereocenters. The highest BCUT2D eigenvalue weighted by Crippen LogP contribution is 2.24. The van der Waals surface area contributed by atoms with Gasteiger partial charge in [-0.05, 0) is 50.2 Å². The molecule has 1 aliphatic rings. The summed E-state index contributed by atoms with van der Waals surface area (Å²) in [6, 6.07) is 11.0. The number of nitrogens with one attached hydrogen (secondary N) is 1. The van der Waals surface area contributed by atoms with E-state index >= 15 is 0 Å². The third-order valence-electron chi connectivity index (χ3n) is 5.35. The number of likely N-dealkylation sites (N-methyl/N-ethyl adjacent to an activating group) is 1. The second-order valence-electron chi connectivity index (χ2n) is 7.69. The van der Waals surface area contributed by atoms with Gasteiger partial charge in [0.05, 0.1) is 17.4 Å². The summed E-state index contributed by atoms with van der Waals surface area (Å²) in [5.74, 6) is 0.720. The third kappa shape index (κ3) is 6.44. The number of hydrogen-bond donors (Lipinski definition) is 1. The van der Waals surface area contributed by atoms with Gasteiger partial charge in [0.2, 0.25) is 15.9 Å². The van der Waals surface area contributed by atoms with Crippen LogP contribution in [0.1, 0.15) is 12.5 Å². The van der Waals surface area contributed by atoms with Crippen LogP contribution in [0.5, 0.6) is 5.75 Å². The molecule has 1 saturated heterocycles. The monoisotopic (exact) mass is 478 g/mol. The van der Waals surface area contributed by atoms with Crippen molar-refractivity contribution in [2.24, 2.45) is 0 Å². The highest BCUT2D eigenvalue weighted by molar-refractivity contribution is 8.00. The summed E-state index contributed by atoms with van der Waals surface area (Å²) in [4.78, 5) is 19.0. The summed E-state index contributed by atoms with van der Waals surface area (Å²) in [6.07, 6.45) is 2.11. The van der Waals surface area contributed by atoms with Crippen LogP contribution in [0, 0.1) is 0 Å². The lowest BCUT2D eigenvalue weighted by atomic mass is 10.1. The zero-order valence-electron chi connectivity index (χ0n) is 18.7. The Labute approximate surface area is 194 Å². The smallest absolute Gasteiger partial charge is 0.244 e. The Bertz CT molecular complexity index is 990. The maximum Gasteiger partial charge on any atom is 0.244 e. The molecule has 1 N–H and O–H groups in total. The molecule has 10 heteroatoms. The molecule has 1 amide bonds. The van der Waals surface area contributed by atoms with Crippen LogP contribution in [0.3, 0.4) is 0 Å². The molecule has 2 heterocycles. The number of ether oxygens (including phenoxy) is 1. The summed E-state index contributed by atoms with van der Waals surface area (Å²) in [7, 11) is 0.0661. The molecule has 2 aromatic rings. The van der Waals surface area contributed by atoms with Crippen molar-refractivity contribution in [3.05, 3.63) is 48.2 Å². The number of hydrogen-bond acceptors (Lipinski definition) is 7. The van der Waals surface area contributed by atoms with Gasteiger partial charge in [-0.25, -0.2) is 13.4 Å². The highest BCUT2D eigenvalue weighted by atomic mass is 32.2. The Hall–Kier alpha value is -2.14. The highest BCUT2D eigenvalue weighted by Gasteiger charge is 2.27. The van der Waals surface area contributed by atoms with E-state index < -0.39 is 10.0 Å².